The second-order valence-electron chi connectivity index (χ2n) is 7.03. The Hall–Kier alpha value is -0.300. The minimum absolute atomic E-state index is 0.553. The lowest BCUT2D eigenvalue weighted by atomic mass is 9.52. The SMILES string of the molecule is C[C@@H]1C[C@H]2CC=C3CCCN4CCC[C@H]2[C@]34C1. The lowest BCUT2D eigenvalue weighted by Crippen LogP contribution is -2.65. The standard InChI is InChI=1S/C16H25N/c1-12-10-13-6-7-14-4-2-8-17-9-3-5-15(13)16(14,17)11-12/h7,12-13,15H,2-6,8-11H2,1H3/t12-,13-,15-,16+/m1/s1. The van der Waals surface area contributed by atoms with Crippen molar-refractivity contribution in [2.75, 3.05) is 13.1 Å². The van der Waals surface area contributed by atoms with E-state index in [0.29, 0.717) is 5.54 Å². The van der Waals surface area contributed by atoms with Gasteiger partial charge in [0.25, 0.3) is 0 Å². The summed E-state index contributed by atoms with van der Waals surface area (Å²) in [5.41, 5.74) is 2.41. The number of allylic oxidation sites excluding steroid dienone is 1. The zero-order chi connectivity index (χ0) is 11.5. The summed E-state index contributed by atoms with van der Waals surface area (Å²) in [6.45, 7) is 5.27. The third kappa shape index (κ3) is 1.30. The average molecular weight is 231 g/mol. The van der Waals surface area contributed by atoms with Crippen molar-refractivity contribution < 1.29 is 0 Å². The highest BCUT2D eigenvalue weighted by atomic mass is 15.2. The van der Waals surface area contributed by atoms with Crippen LogP contribution in [0.25, 0.3) is 0 Å². The fourth-order valence-corrected chi connectivity index (χ4v) is 5.77. The summed E-state index contributed by atoms with van der Waals surface area (Å²) in [7, 11) is 0. The molecule has 3 fully saturated rings. The normalized spacial score (nSPS) is 49.5. The number of hydrogen-bond acceptors (Lipinski definition) is 1. The van der Waals surface area contributed by atoms with Gasteiger partial charge in [0.2, 0.25) is 0 Å². The summed E-state index contributed by atoms with van der Waals surface area (Å²) in [6.07, 6.45) is 12.8. The van der Waals surface area contributed by atoms with E-state index in [1.54, 1.807) is 0 Å². The first-order valence-corrected chi connectivity index (χ1v) is 7.75. The fraction of sp³-hybridized carbons (Fsp3) is 0.875. The summed E-state index contributed by atoms with van der Waals surface area (Å²) < 4.78 is 0. The smallest absolute Gasteiger partial charge is 0.0453 e. The minimum atomic E-state index is 0.553. The Bertz CT molecular complexity index is 357. The lowest BCUT2D eigenvalue weighted by Gasteiger charge is -2.63. The molecule has 4 atom stereocenters. The van der Waals surface area contributed by atoms with Crippen molar-refractivity contribution in [3.8, 4) is 0 Å². The van der Waals surface area contributed by atoms with E-state index >= 15 is 0 Å². The third-order valence-corrected chi connectivity index (χ3v) is 6.15. The molecular weight excluding hydrogens is 206 g/mol. The molecule has 4 aliphatic rings. The quantitative estimate of drug-likeness (QED) is 0.576. The van der Waals surface area contributed by atoms with Crippen LogP contribution in [0.3, 0.4) is 0 Å². The van der Waals surface area contributed by atoms with E-state index in [1.807, 2.05) is 5.57 Å². The van der Waals surface area contributed by atoms with E-state index in [0.717, 1.165) is 17.8 Å². The van der Waals surface area contributed by atoms with Crippen LogP contribution >= 0.6 is 0 Å². The summed E-state index contributed by atoms with van der Waals surface area (Å²) in [5.74, 6) is 3.00. The monoisotopic (exact) mass is 231 g/mol. The Morgan fingerprint density at radius 2 is 2.18 bits per heavy atom. The zero-order valence-electron chi connectivity index (χ0n) is 11.1. The number of hydrogen-bond donors (Lipinski definition) is 0. The van der Waals surface area contributed by atoms with Crippen LogP contribution in [-0.2, 0) is 0 Å². The molecular formula is C16H25N. The molecule has 2 heterocycles. The highest BCUT2D eigenvalue weighted by molar-refractivity contribution is 5.31. The number of rotatable bonds is 0. The molecule has 0 aromatic carbocycles. The van der Waals surface area contributed by atoms with E-state index in [-0.39, 0.29) is 0 Å². The van der Waals surface area contributed by atoms with Gasteiger partial charge in [-0.05, 0) is 75.8 Å². The molecule has 1 heteroatoms. The molecule has 0 aromatic heterocycles. The first-order chi connectivity index (χ1) is 8.30. The Kier molecular flexibility index (Phi) is 2.25. The highest BCUT2D eigenvalue weighted by Crippen LogP contribution is 2.58. The van der Waals surface area contributed by atoms with Crippen LogP contribution in [0.5, 0.6) is 0 Å². The second-order valence-corrected chi connectivity index (χ2v) is 7.03. The Morgan fingerprint density at radius 1 is 1.29 bits per heavy atom. The average Bonchev–Trinajstić information content (AvgIpc) is 2.31. The summed E-state index contributed by atoms with van der Waals surface area (Å²) in [5, 5.41) is 0. The van der Waals surface area contributed by atoms with Gasteiger partial charge in [0.05, 0.1) is 0 Å². The molecule has 2 bridgehead atoms. The van der Waals surface area contributed by atoms with Crippen molar-refractivity contribution in [1.82, 2.24) is 4.90 Å². The summed E-state index contributed by atoms with van der Waals surface area (Å²) in [4.78, 5) is 2.90. The minimum Gasteiger partial charge on any atom is -0.294 e. The molecule has 1 saturated carbocycles. The third-order valence-electron chi connectivity index (χ3n) is 6.15. The molecule has 0 aromatic rings. The molecule has 0 radical (unpaired) electrons. The molecule has 4 rings (SSSR count). The molecule has 0 unspecified atom stereocenters. The number of piperidine rings is 2. The summed E-state index contributed by atoms with van der Waals surface area (Å²) in [6, 6.07) is 0. The van der Waals surface area contributed by atoms with Crippen LogP contribution in [0, 0.1) is 17.8 Å². The Morgan fingerprint density at radius 3 is 3.12 bits per heavy atom. The van der Waals surface area contributed by atoms with Crippen LogP contribution in [0.1, 0.15) is 51.9 Å². The molecule has 17 heavy (non-hydrogen) atoms. The van der Waals surface area contributed by atoms with E-state index in [9.17, 15) is 0 Å². The predicted octanol–water partition coefficient (Wildman–Crippen LogP) is 3.61. The number of nitrogens with zero attached hydrogens (tertiary/aromatic N) is 1. The van der Waals surface area contributed by atoms with Crippen molar-refractivity contribution in [2.45, 2.75) is 57.4 Å². The van der Waals surface area contributed by atoms with Gasteiger partial charge in [-0.15, -0.1) is 0 Å². The summed E-state index contributed by atoms with van der Waals surface area (Å²) >= 11 is 0. The Labute approximate surface area is 105 Å². The predicted molar refractivity (Wildman–Crippen MR) is 70.9 cm³/mol. The molecule has 0 N–H and O–H groups in total. The van der Waals surface area contributed by atoms with Gasteiger partial charge in [-0.25, -0.2) is 0 Å². The fourth-order valence-electron chi connectivity index (χ4n) is 5.77. The van der Waals surface area contributed by atoms with Crippen molar-refractivity contribution in [3.63, 3.8) is 0 Å². The maximum absolute atomic E-state index is 2.90. The van der Waals surface area contributed by atoms with Gasteiger partial charge < -0.3 is 0 Å². The van der Waals surface area contributed by atoms with Crippen molar-refractivity contribution in [1.29, 1.82) is 0 Å². The molecule has 2 aliphatic heterocycles. The molecule has 94 valence electrons. The highest BCUT2D eigenvalue weighted by Gasteiger charge is 2.56. The first-order valence-electron chi connectivity index (χ1n) is 7.75. The van der Waals surface area contributed by atoms with Gasteiger partial charge in [0, 0.05) is 5.54 Å². The molecule has 1 spiro atoms. The zero-order valence-corrected chi connectivity index (χ0v) is 11.1. The lowest BCUT2D eigenvalue weighted by molar-refractivity contribution is -0.0727. The van der Waals surface area contributed by atoms with Crippen molar-refractivity contribution in [2.24, 2.45) is 17.8 Å². The largest absolute Gasteiger partial charge is 0.294 e. The van der Waals surface area contributed by atoms with Crippen molar-refractivity contribution in [3.05, 3.63) is 11.6 Å². The van der Waals surface area contributed by atoms with Crippen molar-refractivity contribution >= 4 is 0 Å². The molecule has 2 saturated heterocycles. The van der Waals surface area contributed by atoms with Gasteiger partial charge in [0.1, 0.15) is 0 Å². The first kappa shape index (κ1) is 10.6. The van der Waals surface area contributed by atoms with Gasteiger partial charge in [0.15, 0.2) is 0 Å². The second kappa shape index (κ2) is 3.60. The maximum Gasteiger partial charge on any atom is 0.0453 e. The van der Waals surface area contributed by atoms with Crippen LogP contribution in [0.2, 0.25) is 0 Å². The molecule has 2 aliphatic carbocycles. The topological polar surface area (TPSA) is 3.24 Å². The van der Waals surface area contributed by atoms with E-state index in [4.69, 9.17) is 0 Å². The van der Waals surface area contributed by atoms with Gasteiger partial charge in [-0.1, -0.05) is 18.6 Å². The molecule has 1 nitrogen and oxygen atoms in total. The van der Waals surface area contributed by atoms with Gasteiger partial charge in [-0.3, -0.25) is 4.90 Å². The van der Waals surface area contributed by atoms with Crippen LogP contribution in [0.4, 0.5) is 0 Å². The van der Waals surface area contributed by atoms with Gasteiger partial charge >= 0.3 is 0 Å². The van der Waals surface area contributed by atoms with Crippen LogP contribution in [0.15, 0.2) is 11.6 Å². The van der Waals surface area contributed by atoms with E-state index < -0.39 is 0 Å². The van der Waals surface area contributed by atoms with Gasteiger partial charge in [-0.2, -0.15) is 0 Å². The van der Waals surface area contributed by atoms with E-state index in [2.05, 4.69) is 17.9 Å². The maximum atomic E-state index is 2.90. The van der Waals surface area contributed by atoms with Crippen LogP contribution < -0.4 is 0 Å². The van der Waals surface area contributed by atoms with Crippen LogP contribution in [-0.4, -0.2) is 23.5 Å². The molecule has 0 amide bonds. The van der Waals surface area contributed by atoms with E-state index in [1.165, 1.54) is 58.0 Å². The Balaban J connectivity index is 1.84.